The quantitative estimate of drug-likeness (QED) is 0.800. The van der Waals surface area contributed by atoms with Crippen LogP contribution in [0.4, 0.5) is 0 Å². The molecule has 90 valence electrons. The van der Waals surface area contributed by atoms with Crippen LogP contribution in [0.2, 0.25) is 0 Å². The van der Waals surface area contributed by atoms with Crippen LogP contribution >= 0.6 is 0 Å². The lowest BCUT2D eigenvalue weighted by atomic mass is 10.0. The molecule has 3 N–H and O–H groups in total. The van der Waals surface area contributed by atoms with Gasteiger partial charge in [0.05, 0.1) is 0 Å². The molecule has 0 heterocycles. The van der Waals surface area contributed by atoms with E-state index in [0.29, 0.717) is 6.04 Å². The Morgan fingerprint density at radius 2 is 1.81 bits per heavy atom. The molecule has 1 aromatic carbocycles. The molecule has 0 saturated heterocycles. The van der Waals surface area contributed by atoms with E-state index in [9.17, 15) is 0 Å². The van der Waals surface area contributed by atoms with Gasteiger partial charge in [0.15, 0.2) is 0 Å². The van der Waals surface area contributed by atoms with Crippen molar-refractivity contribution < 1.29 is 0 Å². The van der Waals surface area contributed by atoms with Gasteiger partial charge >= 0.3 is 0 Å². The van der Waals surface area contributed by atoms with E-state index in [-0.39, 0.29) is 5.54 Å². The van der Waals surface area contributed by atoms with Crippen LogP contribution < -0.4 is 11.1 Å². The summed E-state index contributed by atoms with van der Waals surface area (Å²) in [6.07, 6.45) is 1.08. The van der Waals surface area contributed by atoms with Gasteiger partial charge in [-0.25, -0.2) is 0 Å². The van der Waals surface area contributed by atoms with Gasteiger partial charge in [-0.1, -0.05) is 36.8 Å². The molecule has 0 aromatic heterocycles. The van der Waals surface area contributed by atoms with E-state index in [1.54, 1.807) is 0 Å². The lowest BCUT2D eigenvalue weighted by Crippen LogP contribution is -2.44. The summed E-state index contributed by atoms with van der Waals surface area (Å²) in [6.45, 7) is 9.23. The monoisotopic (exact) mass is 220 g/mol. The zero-order valence-corrected chi connectivity index (χ0v) is 10.9. The number of hydrogen-bond acceptors (Lipinski definition) is 2. The lowest BCUT2D eigenvalue weighted by Gasteiger charge is -2.24. The average molecular weight is 220 g/mol. The second-order valence-electron chi connectivity index (χ2n) is 5.24. The van der Waals surface area contributed by atoms with E-state index in [0.717, 1.165) is 13.0 Å². The summed E-state index contributed by atoms with van der Waals surface area (Å²) in [6, 6.07) is 9.11. The largest absolute Gasteiger partial charge is 0.324 e. The smallest absolute Gasteiger partial charge is 0.0318 e. The van der Waals surface area contributed by atoms with Crippen LogP contribution in [0, 0.1) is 6.92 Å². The molecule has 0 radical (unpaired) electrons. The fourth-order valence-electron chi connectivity index (χ4n) is 1.68. The SMILES string of the molecule is CCC(NCC(C)(C)N)c1ccc(C)cc1. The summed E-state index contributed by atoms with van der Waals surface area (Å²) in [5.74, 6) is 0. The van der Waals surface area contributed by atoms with Gasteiger partial charge in [0.2, 0.25) is 0 Å². The van der Waals surface area contributed by atoms with Gasteiger partial charge in [-0.3, -0.25) is 0 Å². The lowest BCUT2D eigenvalue weighted by molar-refractivity contribution is 0.416. The maximum atomic E-state index is 5.98. The molecule has 0 aliphatic rings. The van der Waals surface area contributed by atoms with E-state index < -0.39 is 0 Å². The van der Waals surface area contributed by atoms with Crippen LogP contribution in [-0.2, 0) is 0 Å². The second-order valence-corrected chi connectivity index (χ2v) is 5.24. The number of nitrogens with one attached hydrogen (secondary N) is 1. The van der Waals surface area contributed by atoms with E-state index in [2.05, 4.69) is 43.4 Å². The van der Waals surface area contributed by atoms with E-state index in [1.807, 2.05) is 13.8 Å². The normalized spacial score (nSPS) is 13.8. The molecule has 0 fully saturated rings. The van der Waals surface area contributed by atoms with Crippen molar-refractivity contribution in [2.24, 2.45) is 5.73 Å². The fraction of sp³-hybridized carbons (Fsp3) is 0.571. The van der Waals surface area contributed by atoms with Gasteiger partial charge in [0.25, 0.3) is 0 Å². The van der Waals surface area contributed by atoms with Crippen molar-refractivity contribution in [2.75, 3.05) is 6.54 Å². The Bertz CT molecular complexity index is 309. The second kappa shape index (κ2) is 5.46. The third-order valence-corrected chi connectivity index (χ3v) is 2.69. The zero-order chi connectivity index (χ0) is 12.2. The molecule has 1 aromatic rings. The Morgan fingerprint density at radius 1 is 1.25 bits per heavy atom. The van der Waals surface area contributed by atoms with Crippen molar-refractivity contribution in [1.29, 1.82) is 0 Å². The molecular weight excluding hydrogens is 196 g/mol. The van der Waals surface area contributed by atoms with Crippen molar-refractivity contribution in [3.05, 3.63) is 35.4 Å². The van der Waals surface area contributed by atoms with Gasteiger partial charge < -0.3 is 11.1 Å². The number of rotatable bonds is 5. The van der Waals surface area contributed by atoms with Gasteiger partial charge in [-0.05, 0) is 32.8 Å². The molecule has 0 amide bonds. The van der Waals surface area contributed by atoms with Crippen molar-refractivity contribution in [2.45, 2.75) is 45.7 Å². The highest BCUT2D eigenvalue weighted by atomic mass is 15.0. The number of hydrogen-bond donors (Lipinski definition) is 2. The summed E-state index contributed by atoms with van der Waals surface area (Å²) >= 11 is 0. The van der Waals surface area contributed by atoms with Crippen LogP contribution in [-0.4, -0.2) is 12.1 Å². The maximum Gasteiger partial charge on any atom is 0.0318 e. The first-order chi connectivity index (χ1) is 7.42. The van der Waals surface area contributed by atoms with Crippen LogP contribution in [0.3, 0.4) is 0 Å². The Hall–Kier alpha value is -0.860. The Balaban J connectivity index is 2.64. The Labute approximate surface area is 99.2 Å². The third-order valence-electron chi connectivity index (χ3n) is 2.69. The first kappa shape index (κ1) is 13.2. The minimum Gasteiger partial charge on any atom is -0.324 e. The van der Waals surface area contributed by atoms with Crippen molar-refractivity contribution >= 4 is 0 Å². The van der Waals surface area contributed by atoms with Crippen LogP contribution in [0.5, 0.6) is 0 Å². The molecule has 16 heavy (non-hydrogen) atoms. The van der Waals surface area contributed by atoms with E-state index >= 15 is 0 Å². The van der Waals surface area contributed by atoms with Crippen molar-refractivity contribution in [1.82, 2.24) is 5.32 Å². The van der Waals surface area contributed by atoms with E-state index in [4.69, 9.17) is 5.73 Å². The highest BCUT2D eigenvalue weighted by Crippen LogP contribution is 2.17. The molecule has 0 spiro atoms. The predicted molar refractivity (Wildman–Crippen MR) is 70.5 cm³/mol. The summed E-state index contributed by atoms with van der Waals surface area (Å²) in [5.41, 5.74) is 8.47. The summed E-state index contributed by atoms with van der Waals surface area (Å²) in [4.78, 5) is 0. The van der Waals surface area contributed by atoms with E-state index in [1.165, 1.54) is 11.1 Å². The molecule has 0 aliphatic heterocycles. The standard InChI is InChI=1S/C14H24N2/c1-5-13(16-10-14(3,4)15)12-8-6-11(2)7-9-12/h6-9,13,16H,5,10,15H2,1-4H3. The van der Waals surface area contributed by atoms with Gasteiger partial charge in [-0.15, -0.1) is 0 Å². The van der Waals surface area contributed by atoms with Crippen molar-refractivity contribution in [3.63, 3.8) is 0 Å². The Kier molecular flexibility index (Phi) is 4.51. The maximum absolute atomic E-state index is 5.98. The first-order valence-corrected chi connectivity index (χ1v) is 6.01. The van der Waals surface area contributed by atoms with Crippen LogP contribution in [0.15, 0.2) is 24.3 Å². The third kappa shape index (κ3) is 4.33. The fourth-order valence-corrected chi connectivity index (χ4v) is 1.68. The first-order valence-electron chi connectivity index (χ1n) is 6.01. The molecule has 0 bridgehead atoms. The summed E-state index contributed by atoms with van der Waals surface area (Å²) in [7, 11) is 0. The highest BCUT2D eigenvalue weighted by Gasteiger charge is 2.14. The summed E-state index contributed by atoms with van der Waals surface area (Å²) < 4.78 is 0. The summed E-state index contributed by atoms with van der Waals surface area (Å²) in [5, 5.41) is 3.52. The molecule has 1 unspecified atom stereocenters. The highest BCUT2D eigenvalue weighted by molar-refractivity contribution is 5.24. The average Bonchev–Trinajstić information content (AvgIpc) is 2.20. The molecular formula is C14H24N2. The molecule has 1 atom stereocenters. The number of benzene rings is 1. The minimum absolute atomic E-state index is 0.155. The molecule has 1 rings (SSSR count). The topological polar surface area (TPSA) is 38.0 Å². The van der Waals surface area contributed by atoms with Crippen LogP contribution in [0.1, 0.15) is 44.4 Å². The molecule has 2 heteroatoms. The van der Waals surface area contributed by atoms with Crippen LogP contribution in [0.25, 0.3) is 0 Å². The zero-order valence-electron chi connectivity index (χ0n) is 10.9. The molecule has 2 nitrogen and oxygen atoms in total. The molecule has 0 aliphatic carbocycles. The van der Waals surface area contributed by atoms with Gasteiger partial charge in [-0.2, -0.15) is 0 Å². The van der Waals surface area contributed by atoms with Gasteiger partial charge in [0.1, 0.15) is 0 Å². The number of aryl methyl sites for hydroxylation is 1. The molecule has 0 saturated carbocycles. The Morgan fingerprint density at radius 3 is 2.25 bits per heavy atom. The number of nitrogens with two attached hydrogens (primary N) is 1. The minimum atomic E-state index is -0.155. The predicted octanol–water partition coefficient (Wildman–Crippen LogP) is 2.77. The van der Waals surface area contributed by atoms with Crippen molar-refractivity contribution in [3.8, 4) is 0 Å². The van der Waals surface area contributed by atoms with Gasteiger partial charge in [0, 0.05) is 18.1 Å².